The summed E-state index contributed by atoms with van der Waals surface area (Å²) in [5, 5.41) is 10.9. The Morgan fingerprint density at radius 1 is 1.22 bits per heavy atom. The van der Waals surface area contributed by atoms with Gasteiger partial charge < -0.3 is 9.52 Å². The van der Waals surface area contributed by atoms with Gasteiger partial charge in [-0.1, -0.05) is 42.3 Å². The van der Waals surface area contributed by atoms with Gasteiger partial charge in [0.15, 0.2) is 5.78 Å². The maximum atomic E-state index is 12.6. The van der Waals surface area contributed by atoms with Crippen molar-refractivity contribution in [1.29, 1.82) is 0 Å². The van der Waals surface area contributed by atoms with Crippen LogP contribution < -0.4 is 5.63 Å². The van der Waals surface area contributed by atoms with Crippen molar-refractivity contribution in [2.75, 3.05) is 0 Å². The fraction of sp³-hybridized carbons (Fsp3) is 0.0526. The number of rotatable bonds is 3. The minimum absolute atomic E-state index is 0.108. The van der Waals surface area contributed by atoms with E-state index in [0.717, 1.165) is 6.08 Å². The molecule has 1 N–H and O–H groups in total. The normalized spacial score (nSPS) is 14.7. The van der Waals surface area contributed by atoms with E-state index < -0.39 is 52.9 Å². The molecule has 0 spiro atoms. The minimum Gasteiger partial charge on any atom is -0.506 e. The molecule has 2 aromatic carbocycles. The average molecular weight is 311 g/mol. The van der Waals surface area contributed by atoms with Gasteiger partial charge in [-0.2, -0.15) is 0 Å². The summed E-state index contributed by atoms with van der Waals surface area (Å²) in [6.45, 7) is 1.18. The number of ketones is 1. The van der Waals surface area contributed by atoms with Gasteiger partial charge in [0.1, 0.15) is 16.9 Å². The highest BCUT2D eigenvalue weighted by molar-refractivity contribution is 6.01. The van der Waals surface area contributed by atoms with Gasteiger partial charge in [-0.3, -0.25) is 4.79 Å². The predicted molar refractivity (Wildman–Crippen MR) is 88.4 cm³/mol. The molecule has 1 aromatic heterocycles. The highest BCUT2D eigenvalue weighted by Crippen LogP contribution is 2.33. The summed E-state index contributed by atoms with van der Waals surface area (Å²) in [5.41, 5.74) is -2.03. The van der Waals surface area contributed by atoms with E-state index in [1.807, 2.05) is 0 Å². The zero-order valence-electron chi connectivity index (χ0n) is 17.1. The maximum absolute atomic E-state index is 12.6. The SMILES string of the molecule is [2H]c1c([2H])c([2H])c(/C(=C\C(C)=O)c2c(O)c3ccccc3oc2=O)c([2H])c1[2H]. The molecule has 4 nitrogen and oxygen atoms in total. The smallest absolute Gasteiger partial charge is 0.348 e. The van der Waals surface area contributed by atoms with Crippen molar-refractivity contribution >= 4 is 22.3 Å². The summed E-state index contributed by atoms with van der Waals surface area (Å²) in [5.74, 6) is -1.06. The van der Waals surface area contributed by atoms with Crippen LogP contribution in [0.25, 0.3) is 16.5 Å². The number of benzene rings is 2. The first-order valence-electron chi connectivity index (χ1n) is 9.19. The number of carbonyl (C=O) groups is 1. The van der Waals surface area contributed by atoms with Crippen LogP contribution in [0.1, 0.15) is 24.9 Å². The largest absolute Gasteiger partial charge is 0.506 e. The number of hydrogen-bond acceptors (Lipinski definition) is 4. The Labute approximate surface area is 139 Å². The number of allylic oxidation sites excluding steroid dienone is 1. The molecule has 0 amide bonds. The average Bonchev–Trinajstić information content (AvgIpc) is 2.64. The van der Waals surface area contributed by atoms with Crippen LogP contribution in [0, 0.1) is 0 Å². The molecule has 0 aliphatic heterocycles. The van der Waals surface area contributed by atoms with Crippen molar-refractivity contribution < 1.29 is 21.2 Å². The van der Waals surface area contributed by atoms with E-state index in [4.69, 9.17) is 11.3 Å². The van der Waals surface area contributed by atoms with Gasteiger partial charge >= 0.3 is 5.63 Å². The van der Waals surface area contributed by atoms with Crippen molar-refractivity contribution in [1.82, 2.24) is 0 Å². The predicted octanol–water partition coefficient (Wildman–Crippen LogP) is 3.52. The summed E-state index contributed by atoms with van der Waals surface area (Å²) in [6.07, 6.45) is 0.939. The summed E-state index contributed by atoms with van der Waals surface area (Å²) in [7, 11) is 0. The van der Waals surface area contributed by atoms with E-state index in [0.29, 0.717) is 0 Å². The van der Waals surface area contributed by atoms with Crippen molar-refractivity contribution in [2.24, 2.45) is 0 Å². The molecule has 0 atom stereocenters. The molecular formula is C19H14O4. The van der Waals surface area contributed by atoms with E-state index in [2.05, 4.69) is 0 Å². The number of fused-ring (bicyclic) bond motifs is 1. The van der Waals surface area contributed by atoms with Gasteiger partial charge in [0.2, 0.25) is 0 Å². The van der Waals surface area contributed by atoms with Crippen molar-refractivity contribution in [3.05, 3.63) is 82.1 Å². The van der Waals surface area contributed by atoms with Crippen LogP contribution in [0.15, 0.2) is 69.8 Å². The second-order valence-electron chi connectivity index (χ2n) is 4.78. The van der Waals surface area contributed by atoms with Crippen LogP contribution in [0.5, 0.6) is 5.75 Å². The molecule has 0 aliphatic carbocycles. The second kappa shape index (κ2) is 5.93. The number of aromatic hydroxyl groups is 1. The number of carbonyl (C=O) groups excluding carboxylic acids is 1. The molecule has 114 valence electrons. The standard InChI is InChI=1S/C19H14O4/c1-12(20)11-15(13-7-3-2-4-8-13)17-18(21)14-9-5-6-10-16(14)23-19(17)22/h2-11,21H,1H3/b15-11+/i2D,3D,4D,7D,8D. The summed E-state index contributed by atoms with van der Waals surface area (Å²) < 4.78 is 44.8. The number of hydrogen-bond donors (Lipinski definition) is 1. The quantitative estimate of drug-likeness (QED) is 0.593. The van der Waals surface area contributed by atoms with Crippen LogP contribution in [-0.4, -0.2) is 10.9 Å². The topological polar surface area (TPSA) is 67.5 Å². The zero-order valence-corrected chi connectivity index (χ0v) is 12.1. The van der Waals surface area contributed by atoms with Crippen molar-refractivity contribution in [2.45, 2.75) is 6.92 Å². The third kappa shape index (κ3) is 2.79. The lowest BCUT2D eigenvalue weighted by Crippen LogP contribution is -2.09. The molecule has 0 bridgehead atoms. The Morgan fingerprint density at radius 2 is 1.91 bits per heavy atom. The highest BCUT2D eigenvalue weighted by Gasteiger charge is 2.19. The molecule has 3 rings (SSSR count). The Morgan fingerprint density at radius 3 is 2.61 bits per heavy atom. The van der Waals surface area contributed by atoms with Crippen LogP contribution in [0.4, 0.5) is 0 Å². The third-order valence-corrected chi connectivity index (χ3v) is 3.17. The lowest BCUT2D eigenvalue weighted by molar-refractivity contribution is -0.112. The molecule has 0 saturated carbocycles. The summed E-state index contributed by atoms with van der Waals surface area (Å²) in [6, 6.07) is 3.08. The molecule has 1 heterocycles. The van der Waals surface area contributed by atoms with Gasteiger partial charge in [0.05, 0.1) is 12.2 Å². The Kier molecular flexibility index (Phi) is 2.52. The minimum atomic E-state index is -1.00. The Bertz CT molecular complexity index is 1200. The molecular weight excluding hydrogens is 292 g/mol. The van der Waals surface area contributed by atoms with Crippen LogP contribution >= 0.6 is 0 Å². The fourth-order valence-corrected chi connectivity index (χ4v) is 2.23. The Balaban J connectivity index is 2.49. The maximum Gasteiger partial charge on any atom is 0.348 e. The molecule has 0 radical (unpaired) electrons. The van der Waals surface area contributed by atoms with Gasteiger partial charge in [-0.05, 0) is 30.7 Å². The van der Waals surface area contributed by atoms with Crippen molar-refractivity contribution in [3.63, 3.8) is 0 Å². The van der Waals surface area contributed by atoms with E-state index in [1.165, 1.54) is 19.1 Å². The highest BCUT2D eigenvalue weighted by atomic mass is 16.4. The first-order valence-corrected chi connectivity index (χ1v) is 6.69. The molecule has 23 heavy (non-hydrogen) atoms. The lowest BCUT2D eigenvalue weighted by atomic mass is 9.96. The van der Waals surface area contributed by atoms with Crippen molar-refractivity contribution in [3.8, 4) is 5.75 Å². The first kappa shape index (κ1) is 9.79. The summed E-state index contributed by atoms with van der Waals surface area (Å²) in [4.78, 5) is 24.4. The van der Waals surface area contributed by atoms with Gasteiger partial charge in [0.25, 0.3) is 0 Å². The third-order valence-electron chi connectivity index (χ3n) is 3.17. The molecule has 0 aliphatic rings. The zero-order chi connectivity index (χ0) is 20.7. The van der Waals surface area contributed by atoms with Crippen LogP contribution in [0.3, 0.4) is 0 Å². The molecule has 3 aromatic rings. The van der Waals surface area contributed by atoms with Crippen LogP contribution in [-0.2, 0) is 4.79 Å². The summed E-state index contributed by atoms with van der Waals surface area (Å²) >= 11 is 0. The second-order valence-corrected chi connectivity index (χ2v) is 4.78. The van der Waals surface area contributed by atoms with Gasteiger partial charge in [-0.25, -0.2) is 4.79 Å². The van der Waals surface area contributed by atoms with E-state index in [1.54, 1.807) is 12.1 Å². The van der Waals surface area contributed by atoms with E-state index in [-0.39, 0.29) is 22.1 Å². The van der Waals surface area contributed by atoms with Gasteiger partial charge in [-0.15, -0.1) is 0 Å². The number of para-hydroxylation sites is 1. The lowest BCUT2D eigenvalue weighted by Gasteiger charge is -2.10. The molecule has 0 fully saturated rings. The monoisotopic (exact) mass is 311 g/mol. The molecule has 4 heteroatoms. The fourth-order valence-electron chi connectivity index (χ4n) is 2.23. The van der Waals surface area contributed by atoms with Crippen LogP contribution in [0.2, 0.25) is 0 Å². The van der Waals surface area contributed by atoms with Gasteiger partial charge in [0, 0.05) is 5.57 Å². The Hall–Kier alpha value is -3.14. The molecule has 0 unspecified atom stereocenters. The van der Waals surface area contributed by atoms with E-state index in [9.17, 15) is 14.7 Å². The first-order chi connectivity index (χ1) is 13.1. The van der Waals surface area contributed by atoms with E-state index >= 15 is 0 Å². The molecule has 0 saturated heterocycles.